The Kier molecular flexibility index (Phi) is 15.9. The third-order valence-electron chi connectivity index (χ3n) is 0.746. The van der Waals surface area contributed by atoms with Crippen LogP contribution in [-0.2, 0) is 23.6 Å². The Labute approximate surface area is 76.4 Å². The second-order valence-electron chi connectivity index (χ2n) is 1.50. The molecule has 3 N–H and O–H groups in total. The minimum absolute atomic E-state index is 0.444. The second-order valence-corrected chi connectivity index (χ2v) is 2.67. The number of carbonyl (C=O) groups is 1. The van der Waals surface area contributed by atoms with Crippen molar-refractivity contribution in [3.05, 3.63) is 6.04 Å². The van der Waals surface area contributed by atoms with Crippen LogP contribution < -0.4 is 5.73 Å². The van der Waals surface area contributed by atoms with Crippen LogP contribution in [0.5, 0.6) is 0 Å². The zero-order valence-corrected chi connectivity index (χ0v) is 7.93. The zero-order valence-electron chi connectivity index (χ0n) is 6.07. The number of hydrogen-bond acceptors (Lipinski definition) is 4. The van der Waals surface area contributed by atoms with Crippen LogP contribution >= 0.6 is 11.8 Å². The van der Waals surface area contributed by atoms with Crippen molar-refractivity contribution in [1.82, 2.24) is 0 Å². The summed E-state index contributed by atoms with van der Waals surface area (Å²) in [6.45, 7) is 0. The van der Waals surface area contributed by atoms with Gasteiger partial charge in [-0.1, -0.05) is 0 Å². The molecule has 0 saturated heterocycles. The zero-order chi connectivity index (χ0) is 9.11. The van der Waals surface area contributed by atoms with E-state index in [9.17, 15) is 4.79 Å². The average Bonchev–Trinajstić information content (AvgIpc) is 2.02. The van der Waals surface area contributed by atoms with Crippen molar-refractivity contribution < 1.29 is 27.8 Å². The van der Waals surface area contributed by atoms with Gasteiger partial charge in [0.1, 0.15) is 0 Å². The van der Waals surface area contributed by atoms with Gasteiger partial charge in [-0.3, -0.25) is 6.04 Å². The number of rotatable bonds is 4. The van der Waals surface area contributed by atoms with Crippen molar-refractivity contribution in [1.29, 1.82) is 0 Å². The van der Waals surface area contributed by atoms with Gasteiger partial charge in [0.25, 0.3) is 0 Å². The topological polar surface area (TPSA) is 80.4 Å². The Balaban J connectivity index is 0. The van der Waals surface area contributed by atoms with Crippen LogP contribution in [0.4, 0.5) is 0 Å². The fourth-order valence-electron chi connectivity index (χ4n) is 0.279. The van der Waals surface area contributed by atoms with Crippen molar-refractivity contribution in [3.8, 4) is 0 Å². The van der Waals surface area contributed by atoms with Gasteiger partial charge in [0.2, 0.25) is 0 Å². The molecule has 0 fully saturated rings. The summed E-state index contributed by atoms with van der Waals surface area (Å²) in [6.07, 6.45) is 3.40. The van der Waals surface area contributed by atoms with E-state index in [0.717, 1.165) is 5.75 Å². The molecule has 0 bridgehead atoms. The van der Waals surface area contributed by atoms with E-state index in [1.54, 1.807) is 11.8 Å². The molecule has 0 aromatic rings. The summed E-state index contributed by atoms with van der Waals surface area (Å²) in [4.78, 5) is 9.84. The third-order valence-corrected chi connectivity index (χ3v) is 1.36. The molecule has 0 saturated carbocycles. The van der Waals surface area contributed by atoms with Crippen molar-refractivity contribution in [2.45, 2.75) is 6.42 Å². The molecule has 0 rings (SSSR count). The van der Waals surface area contributed by atoms with E-state index in [1.807, 2.05) is 6.26 Å². The van der Waals surface area contributed by atoms with E-state index in [0.29, 0.717) is 18.7 Å². The van der Waals surface area contributed by atoms with E-state index in [4.69, 9.17) is 13.8 Å². The summed E-state index contributed by atoms with van der Waals surface area (Å²) in [6, 6.07) is 0.444. The first-order valence-corrected chi connectivity index (χ1v) is 4.93. The first-order valence-electron chi connectivity index (χ1n) is 2.65. The molecule has 0 aliphatic rings. The Bertz CT molecular complexity index is 104. The molecule has 11 heavy (non-hydrogen) atoms. The van der Waals surface area contributed by atoms with Gasteiger partial charge in [0, 0.05) is 6.29 Å². The molecule has 0 aliphatic heterocycles. The summed E-state index contributed by atoms with van der Waals surface area (Å²) in [5, 5.41) is 0. The molecule has 70 valence electrons. The van der Waals surface area contributed by atoms with Crippen molar-refractivity contribution >= 4 is 18.0 Å². The fourth-order valence-corrected chi connectivity index (χ4v) is 0.719. The van der Waals surface area contributed by atoms with Crippen LogP contribution in [0.1, 0.15) is 6.42 Å². The predicted molar refractivity (Wildman–Crippen MR) is 39.4 cm³/mol. The third kappa shape index (κ3) is 17.8. The van der Waals surface area contributed by atoms with Gasteiger partial charge in [-0.25, -0.2) is 0 Å². The Morgan fingerprint density at radius 1 is 1.82 bits per heavy atom. The Morgan fingerprint density at radius 2 is 2.27 bits per heavy atom. The summed E-state index contributed by atoms with van der Waals surface area (Å²) in [5.41, 5.74) is 5.19. The number of aldehydes is 1. The van der Waals surface area contributed by atoms with Gasteiger partial charge >= 0.3 is 23.0 Å². The van der Waals surface area contributed by atoms with Crippen LogP contribution in [0.3, 0.4) is 0 Å². The summed E-state index contributed by atoms with van der Waals surface area (Å²) in [7, 11) is 0. The SMILES string of the molecule is CSCC[C-](N)C=O.[O]=[Co][OH]. The molecule has 0 spiro atoms. The fraction of sp³-hybridized carbons (Fsp3) is 0.600. The molecule has 4 nitrogen and oxygen atoms in total. The maximum atomic E-state index is 9.84. The molecule has 0 amide bonds. The molecule has 0 atom stereocenters. The monoisotopic (exact) mass is 224 g/mol. The first-order chi connectivity index (χ1) is 5.22. The standard InChI is InChI=1S/C5H10NOS.Co.H2O.O/c1-8-3-2-5(6)4-7;;;/h4H,2-3,6H2,1H3;;1H2;/q-1;+1;;/p-1. The van der Waals surface area contributed by atoms with E-state index >= 15 is 0 Å². The van der Waals surface area contributed by atoms with Crippen molar-refractivity contribution in [3.63, 3.8) is 0 Å². The van der Waals surface area contributed by atoms with Gasteiger partial charge in [0.15, 0.2) is 0 Å². The van der Waals surface area contributed by atoms with Gasteiger partial charge in [-0.15, -0.1) is 6.42 Å². The maximum absolute atomic E-state index is 9.84. The van der Waals surface area contributed by atoms with Crippen molar-refractivity contribution in [2.24, 2.45) is 5.73 Å². The van der Waals surface area contributed by atoms with Gasteiger partial charge in [-0.2, -0.15) is 11.8 Å². The number of thioether (sulfide) groups is 1. The average molecular weight is 224 g/mol. The van der Waals surface area contributed by atoms with Crippen LogP contribution in [0.25, 0.3) is 0 Å². The quantitative estimate of drug-likeness (QED) is 0.508. The Hall–Kier alpha value is 0.116. The predicted octanol–water partition coefficient (Wildman–Crippen LogP) is -0.249. The molecular weight excluding hydrogens is 213 g/mol. The van der Waals surface area contributed by atoms with Gasteiger partial charge in [0.05, 0.1) is 0 Å². The molecule has 0 aliphatic carbocycles. The van der Waals surface area contributed by atoms with Crippen LogP contribution in [0, 0.1) is 6.04 Å². The first kappa shape index (κ1) is 13.7. The van der Waals surface area contributed by atoms with Crippen molar-refractivity contribution in [2.75, 3.05) is 12.0 Å². The van der Waals surface area contributed by atoms with E-state index in [-0.39, 0.29) is 0 Å². The van der Waals surface area contributed by atoms with Gasteiger partial charge < -0.3 is 10.5 Å². The molecular formula is C5H11CoNO3S-. The normalized spacial score (nSPS) is 8.27. The second kappa shape index (κ2) is 12.8. The van der Waals surface area contributed by atoms with Crippen LogP contribution in [0.15, 0.2) is 0 Å². The number of nitrogens with two attached hydrogens (primary N) is 1. The minimum atomic E-state index is -0.812. The summed E-state index contributed by atoms with van der Waals surface area (Å²) < 4.78 is 15.4. The Morgan fingerprint density at radius 3 is 2.55 bits per heavy atom. The molecule has 0 unspecified atom stereocenters. The van der Waals surface area contributed by atoms with E-state index in [2.05, 4.69) is 0 Å². The summed E-state index contributed by atoms with van der Waals surface area (Å²) >= 11 is 0.873. The molecule has 6 heteroatoms. The summed E-state index contributed by atoms with van der Waals surface area (Å²) in [5.74, 6) is 0.935. The molecule has 0 aromatic carbocycles. The van der Waals surface area contributed by atoms with E-state index in [1.165, 1.54) is 0 Å². The van der Waals surface area contributed by atoms with Crippen LogP contribution in [0.2, 0.25) is 0 Å². The van der Waals surface area contributed by atoms with Crippen LogP contribution in [-0.4, -0.2) is 22.5 Å². The van der Waals surface area contributed by atoms with Gasteiger partial charge in [-0.05, 0) is 12.0 Å². The molecule has 0 heterocycles. The number of hydrogen-bond donors (Lipinski definition) is 2. The molecule has 0 radical (unpaired) electrons. The number of carbonyl (C=O) groups excluding carboxylic acids is 1. The van der Waals surface area contributed by atoms with E-state index < -0.39 is 15.0 Å². The molecule has 0 aromatic heterocycles.